The summed E-state index contributed by atoms with van der Waals surface area (Å²) in [5.74, 6) is -1.04. The molecule has 0 bridgehead atoms. The van der Waals surface area contributed by atoms with Gasteiger partial charge in [-0.3, -0.25) is 4.79 Å². The normalized spacial score (nSPS) is 9.71. The summed E-state index contributed by atoms with van der Waals surface area (Å²) in [5, 5.41) is 8.54. The Morgan fingerprint density at radius 1 is 1.29 bits per heavy atom. The number of hydrogen-bond donors (Lipinski definition) is 2. The number of esters is 1. The molecule has 6 nitrogen and oxygen atoms in total. The van der Waals surface area contributed by atoms with Crippen LogP contribution in [-0.4, -0.2) is 36.8 Å². The maximum atomic E-state index is 11.5. The van der Waals surface area contributed by atoms with Crippen LogP contribution in [0.25, 0.3) is 0 Å². The summed E-state index contributed by atoms with van der Waals surface area (Å²) >= 11 is 0. The molecule has 1 amide bonds. The highest BCUT2D eigenvalue weighted by Gasteiger charge is 2.13. The Hall–Kier alpha value is -2.08. The number of carbonyl (C=O) groups excluding carboxylic acids is 2. The van der Waals surface area contributed by atoms with E-state index >= 15 is 0 Å². The topological polar surface area (TPSA) is 98.9 Å². The number of ether oxygens (including phenoxy) is 2. The van der Waals surface area contributed by atoms with Gasteiger partial charge in [-0.15, -0.1) is 0 Å². The second-order valence-corrected chi connectivity index (χ2v) is 3.11. The van der Waals surface area contributed by atoms with Crippen LogP contribution in [-0.2, 0) is 9.53 Å². The van der Waals surface area contributed by atoms with Crippen LogP contribution < -0.4 is 10.5 Å². The number of amides is 1. The molecule has 0 unspecified atom stereocenters. The van der Waals surface area contributed by atoms with E-state index in [1.54, 1.807) is 12.1 Å². The third kappa shape index (κ3) is 4.12. The average Bonchev–Trinajstić information content (AvgIpc) is 2.33. The molecule has 0 saturated heterocycles. The van der Waals surface area contributed by atoms with E-state index in [1.807, 2.05) is 0 Å². The fourth-order valence-corrected chi connectivity index (χ4v) is 1.13. The van der Waals surface area contributed by atoms with Crippen molar-refractivity contribution in [2.45, 2.75) is 0 Å². The number of hydrogen-bond acceptors (Lipinski definition) is 5. The third-order valence-corrected chi connectivity index (χ3v) is 1.80. The highest BCUT2D eigenvalue weighted by atomic mass is 16.5. The van der Waals surface area contributed by atoms with Crippen LogP contribution in [0.1, 0.15) is 10.4 Å². The second-order valence-electron chi connectivity index (χ2n) is 3.11. The molecular weight excluding hydrogens is 226 g/mol. The van der Waals surface area contributed by atoms with Gasteiger partial charge in [0.05, 0.1) is 6.61 Å². The van der Waals surface area contributed by atoms with Crippen LogP contribution in [0, 0.1) is 0 Å². The summed E-state index contributed by atoms with van der Waals surface area (Å²) in [7, 11) is 0. The molecule has 0 aromatic heterocycles. The summed E-state index contributed by atoms with van der Waals surface area (Å²) in [6.07, 6.45) is 0. The van der Waals surface area contributed by atoms with Crippen LogP contribution in [0.15, 0.2) is 24.3 Å². The average molecular weight is 239 g/mol. The number of para-hydroxylation sites is 1. The molecule has 17 heavy (non-hydrogen) atoms. The van der Waals surface area contributed by atoms with E-state index in [9.17, 15) is 9.59 Å². The Morgan fingerprint density at radius 2 is 2.00 bits per heavy atom. The predicted octanol–water partition coefficient (Wildman–Crippen LogP) is -0.300. The zero-order chi connectivity index (χ0) is 12.7. The largest absolute Gasteiger partial charge is 0.483 e. The fraction of sp³-hybridized carbons (Fsp3) is 0.273. The van der Waals surface area contributed by atoms with Crippen LogP contribution >= 0.6 is 0 Å². The Kier molecular flexibility index (Phi) is 4.96. The molecule has 3 N–H and O–H groups in total. The minimum absolute atomic E-state index is 0.0943. The first-order valence-electron chi connectivity index (χ1n) is 4.93. The van der Waals surface area contributed by atoms with E-state index in [2.05, 4.69) is 0 Å². The maximum Gasteiger partial charge on any atom is 0.342 e. The van der Waals surface area contributed by atoms with Gasteiger partial charge in [0.2, 0.25) is 0 Å². The first-order valence-corrected chi connectivity index (χ1v) is 4.93. The van der Waals surface area contributed by atoms with Crippen LogP contribution in [0.5, 0.6) is 5.75 Å². The standard InChI is InChI=1S/C11H13NO5/c12-10(14)7-17-9-4-2-1-3-8(9)11(15)16-6-5-13/h1-4,13H,5-7H2,(H2,12,14). The number of benzene rings is 1. The molecule has 0 saturated carbocycles. The van der Waals surface area contributed by atoms with E-state index in [0.29, 0.717) is 0 Å². The van der Waals surface area contributed by atoms with Crippen molar-refractivity contribution < 1.29 is 24.2 Å². The molecule has 0 aliphatic rings. The van der Waals surface area contributed by atoms with Gasteiger partial charge in [0, 0.05) is 0 Å². The number of aliphatic hydroxyl groups is 1. The first-order chi connectivity index (χ1) is 8.15. The van der Waals surface area contributed by atoms with Gasteiger partial charge in [-0.2, -0.15) is 0 Å². The molecule has 6 heteroatoms. The Bertz CT molecular complexity index is 405. The molecule has 0 aliphatic carbocycles. The number of nitrogens with two attached hydrogens (primary N) is 1. The number of rotatable bonds is 6. The molecule has 0 radical (unpaired) electrons. The van der Waals surface area contributed by atoms with Crippen molar-refractivity contribution in [3.63, 3.8) is 0 Å². The third-order valence-electron chi connectivity index (χ3n) is 1.80. The summed E-state index contributed by atoms with van der Waals surface area (Å²) < 4.78 is 9.80. The lowest BCUT2D eigenvalue weighted by Crippen LogP contribution is -2.21. The molecule has 0 fully saturated rings. The highest BCUT2D eigenvalue weighted by molar-refractivity contribution is 5.92. The minimum Gasteiger partial charge on any atom is -0.483 e. The smallest absolute Gasteiger partial charge is 0.342 e. The van der Waals surface area contributed by atoms with Crippen molar-refractivity contribution in [3.8, 4) is 5.75 Å². The van der Waals surface area contributed by atoms with Crippen LogP contribution in [0.4, 0.5) is 0 Å². The predicted molar refractivity (Wildman–Crippen MR) is 58.5 cm³/mol. The number of carbonyl (C=O) groups is 2. The van der Waals surface area contributed by atoms with Gasteiger partial charge in [0.1, 0.15) is 17.9 Å². The molecular formula is C11H13NO5. The lowest BCUT2D eigenvalue weighted by Gasteiger charge is -2.09. The molecule has 1 aromatic carbocycles. The number of primary amides is 1. The summed E-state index contributed by atoms with van der Waals surface area (Å²) in [5.41, 5.74) is 5.12. The Balaban J connectivity index is 2.76. The van der Waals surface area contributed by atoms with Crippen molar-refractivity contribution in [2.24, 2.45) is 5.73 Å². The van der Waals surface area contributed by atoms with Crippen molar-refractivity contribution in [1.82, 2.24) is 0 Å². The van der Waals surface area contributed by atoms with E-state index in [0.717, 1.165) is 0 Å². The highest BCUT2D eigenvalue weighted by Crippen LogP contribution is 2.18. The summed E-state index contributed by atoms with van der Waals surface area (Å²) in [6.45, 7) is -0.663. The van der Waals surface area contributed by atoms with Crippen molar-refractivity contribution in [2.75, 3.05) is 19.8 Å². The zero-order valence-electron chi connectivity index (χ0n) is 9.09. The van der Waals surface area contributed by atoms with Crippen molar-refractivity contribution in [1.29, 1.82) is 0 Å². The summed E-state index contributed by atoms with van der Waals surface area (Å²) in [6, 6.07) is 6.31. The monoisotopic (exact) mass is 239 g/mol. The Labute approximate surface area is 97.9 Å². The lowest BCUT2D eigenvalue weighted by atomic mass is 10.2. The van der Waals surface area contributed by atoms with Gasteiger partial charge in [-0.1, -0.05) is 12.1 Å². The van der Waals surface area contributed by atoms with Gasteiger partial charge in [0.25, 0.3) is 5.91 Å². The van der Waals surface area contributed by atoms with Crippen molar-refractivity contribution in [3.05, 3.63) is 29.8 Å². The van der Waals surface area contributed by atoms with Crippen LogP contribution in [0.2, 0.25) is 0 Å². The molecule has 1 aromatic rings. The molecule has 0 aliphatic heterocycles. The summed E-state index contributed by atoms with van der Waals surface area (Å²) in [4.78, 5) is 22.1. The van der Waals surface area contributed by atoms with E-state index in [-0.39, 0.29) is 31.1 Å². The van der Waals surface area contributed by atoms with E-state index < -0.39 is 11.9 Å². The fourth-order valence-electron chi connectivity index (χ4n) is 1.13. The first kappa shape index (κ1) is 13.0. The van der Waals surface area contributed by atoms with Gasteiger partial charge in [-0.25, -0.2) is 4.79 Å². The van der Waals surface area contributed by atoms with E-state index in [1.165, 1.54) is 12.1 Å². The second kappa shape index (κ2) is 6.49. The van der Waals surface area contributed by atoms with Crippen LogP contribution in [0.3, 0.4) is 0 Å². The Morgan fingerprint density at radius 3 is 2.65 bits per heavy atom. The van der Waals surface area contributed by atoms with Gasteiger partial charge in [-0.05, 0) is 12.1 Å². The van der Waals surface area contributed by atoms with Gasteiger partial charge < -0.3 is 20.3 Å². The molecule has 0 atom stereocenters. The van der Waals surface area contributed by atoms with Gasteiger partial charge in [0.15, 0.2) is 6.61 Å². The minimum atomic E-state index is -0.636. The maximum absolute atomic E-state index is 11.5. The molecule has 0 spiro atoms. The quantitative estimate of drug-likeness (QED) is 0.664. The van der Waals surface area contributed by atoms with E-state index in [4.69, 9.17) is 20.3 Å². The molecule has 1 rings (SSSR count). The van der Waals surface area contributed by atoms with Crippen molar-refractivity contribution >= 4 is 11.9 Å². The molecule has 0 heterocycles. The number of aliphatic hydroxyl groups excluding tert-OH is 1. The lowest BCUT2D eigenvalue weighted by molar-refractivity contribution is -0.119. The zero-order valence-corrected chi connectivity index (χ0v) is 9.09. The van der Waals surface area contributed by atoms with Gasteiger partial charge >= 0.3 is 5.97 Å². The molecule has 92 valence electrons. The SMILES string of the molecule is NC(=O)COc1ccccc1C(=O)OCCO.